The summed E-state index contributed by atoms with van der Waals surface area (Å²) >= 11 is 1.66. The fourth-order valence-corrected chi connectivity index (χ4v) is 4.83. The van der Waals surface area contributed by atoms with Gasteiger partial charge < -0.3 is 15.1 Å². The number of hydrogen-bond acceptors (Lipinski definition) is 4. The number of anilines is 1. The minimum atomic E-state index is -0.0725. The minimum Gasteiger partial charge on any atom is -0.335 e. The first kappa shape index (κ1) is 18.0. The van der Waals surface area contributed by atoms with Crippen molar-refractivity contribution in [2.24, 2.45) is 12.5 Å². The molecule has 0 radical (unpaired) electrons. The number of likely N-dealkylation sites (tertiary alicyclic amines) is 1. The maximum Gasteiger partial charge on any atom is 0.321 e. The average molecular weight is 388 g/mol. The van der Waals surface area contributed by atoms with E-state index in [1.807, 2.05) is 16.8 Å². The van der Waals surface area contributed by atoms with E-state index in [1.165, 1.54) is 5.56 Å². The Labute approximate surface area is 162 Å². The quantitative estimate of drug-likeness (QED) is 0.877. The fraction of sp³-hybridized carbons (Fsp3) is 0.526. The second kappa shape index (κ2) is 6.99. The van der Waals surface area contributed by atoms with Crippen molar-refractivity contribution in [3.8, 4) is 0 Å². The summed E-state index contributed by atoms with van der Waals surface area (Å²) in [6.45, 7) is 3.81. The zero-order valence-corrected chi connectivity index (χ0v) is 16.5. The number of aryl methyl sites for hydroxylation is 1. The molecule has 2 fully saturated rings. The Bertz CT molecular complexity index is 823. The van der Waals surface area contributed by atoms with Crippen LogP contribution in [0.1, 0.15) is 31.7 Å². The number of amides is 3. The molecule has 3 amide bonds. The van der Waals surface area contributed by atoms with Gasteiger partial charge in [0.25, 0.3) is 0 Å². The van der Waals surface area contributed by atoms with E-state index < -0.39 is 0 Å². The molecule has 144 valence electrons. The highest BCUT2D eigenvalue weighted by Crippen LogP contribution is 2.57. The molecule has 27 heavy (non-hydrogen) atoms. The Morgan fingerprint density at radius 3 is 2.78 bits per heavy atom. The van der Waals surface area contributed by atoms with E-state index in [9.17, 15) is 9.59 Å². The first-order valence-corrected chi connectivity index (χ1v) is 10.2. The number of aromatic nitrogens is 2. The first-order chi connectivity index (χ1) is 13.0. The summed E-state index contributed by atoms with van der Waals surface area (Å²) in [6.07, 6.45) is 6.39. The largest absolute Gasteiger partial charge is 0.335 e. The summed E-state index contributed by atoms with van der Waals surface area (Å²) in [6, 6.07) is 2.32. The normalized spacial score (nSPS) is 20.5. The summed E-state index contributed by atoms with van der Waals surface area (Å²) in [5.41, 5.74) is 2.10. The van der Waals surface area contributed by atoms with Crippen molar-refractivity contribution < 1.29 is 9.59 Å². The van der Waals surface area contributed by atoms with Crippen LogP contribution in [-0.4, -0.2) is 50.6 Å². The van der Waals surface area contributed by atoms with E-state index in [0.717, 1.165) is 32.4 Å². The number of nitrogens with one attached hydrogen (secondary N) is 1. The molecule has 1 N–H and O–H groups in total. The SMILES string of the molecule is CC(=O)N(Cc1ccsc1)[C@@H]1CC12CCN(C(=O)Nc1cnn(C)c1)CC2. The van der Waals surface area contributed by atoms with E-state index in [4.69, 9.17) is 0 Å². The number of piperidine rings is 1. The molecule has 1 spiro atoms. The van der Waals surface area contributed by atoms with Crippen LogP contribution in [-0.2, 0) is 18.4 Å². The molecule has 3 heterocycles. The van der Waals surface area contributed by atoms with Crippen LogP contribution in [0.5, 0.6) is 0 Å². The minimum absolute atomic E-state index is 0.0725. The van der Waals surface area contributed by atoms with Gasteiger partial charge in [-0.15, -0.1) is 0 Å². The van der Waals surface area contributed by atoms with Gasteiger partial charge in [0.2, 0.25) is 5.91 Å². The van der Waals surface area contributed by atoms with Crippen LogP contribution in [0.2, 0.25) is 0 Å². The molecule has 0 aromatic carbocycles. The smallest absolute Gasteiger partial charge is 0.321 e. The molecule has 2 aromatic heterocycles. The molecule has 2 aromatic rings. The monoisotopic (exact) mass is 387 g/mol. The fourth-order valence-electron chi connectivity index (χ4n) is 4.17. The third-order valence-electron chi connectivity index (χ3n) is 5.86. The van der Waals surface area contributed by atoms with Gasteiger partial charge in [0.15, 0.2) is 0 Å². The van der Waals surface area contributed by atoms with E-state index in [-0.39, 0.29) is 17.4 Å². The third kappa shape index (κ3) is 3.71. The standard InChI is InChI=1S/C19H25N5O2S/c1-14(25)24(11-15-3-8-27-13-15)17-9-19(17)4-6-23(7-5-19)18(26)21-16-10-20-22(2)12-16/h3,8,10,12-13,17H,4-7,9,11H2,1-2H3,(H,21,26)/t17-/m1/s1. The number of nitrogens with zero attached hydrogens (tertiary/aromatic N) is 4. The Kier molecular flexibility index (Phi) is 4.67. The lowest BCUT2D eigenvalue weighted by Crippen LogP contribution is -2.44. The second-order valence-corrected chi connectivity index (χ2v) is 8.46. The van der Waals surface area contributed by atoms with Crippen LogP contribution in [0.25, 0.3) is 0 Å². The molecule has 1 saturated heterocycles. The summed E-state index contributed by atoms with van der Waals surface area (Å²) in [4.78, 5) is 28.5. The zero-order valence-electron chi connectivity index (χ0n) is 15.7. The van der Waals surface area contributed by atoms with E-state index in [1.54, 1.807) is 35.3 Å². The number of carbonyl (C=O) groups excluding carboxylic acids is 2. The van der Waals surface area contributed by atoms with E-state index >= 15 is 0 Å². The number of thiophene rings is 1. The van der Waals surface area contributed by atoms with Gasteiger partial charge in [-0.05, 0) is 47.1 Å². The molecule has 1 saturated carbocycles. The third-order valence-corrected chi connectivity index (χ3v) is 6.59. The summed E-state index contributed by atoms with van der Waals surface area (Å²) in [5.74, 6) is 0.139. The van der Waals surface area contributed by atoms with Gasteiger partial charge in [0.05, 0.1) is 11.9 Å². The van der Waals surface area contributed by atoms with Gasteiger partial charge in [-0.1, -0.05) is 0 Å². The number of hydrogen-bond donors (Lipinski definition) is 1. The van der Waals surface area contributed by atoms with Crippen LogP contribution in [0.3, 0.4) is 0 Å². The van der Waals surface area contributed by atoms with Crippen LogP contribution in [0.15, 0.2) is 29.2 Å². The topological polar surface area (TPSA) is 70.5 Å². The molecule has 0 unspecified atom stereocenters. The molecular weight excluding hydrogens is 362 g/mol. The van der Waals surface area contributed by atoms with Gasteiger partial charge in [0.1, 0.15) is 0 Å². The van der Waals surface area contributed by atoms with Crippen LogP contribution < -0.4 is 5.32 Å². The second-order valence-electron chi connectivity index (χ2n) is 7.68. The summed E-state index contributed by atoms with van der Waals surface area (Å²) in [5, 5.41) is 11.1. The zero-order chi connectivity index (χ0) is 19.0. The van der Waals surface area contributed by atoms with E-state index in [0.29, 0.717) is 18.3 Å². The van der Waals surface area contributed by atoms with Gasteiger partial charge in [-0.2, -0.15) is 16.4 Å². The molecule has 0 bridgehead atoms. The van der Waals surface area contributed by atoms with Gasteiger partial charge in [-0.3, -0.25) is 9.48 Å². The lowest BCUT2D eigenvalue weighted by Gasteiger charge is -2.34. The van der Waals surface area contributed by atoms with Crippen molar-refractivity contribution in [3.05, 3.63) is 34.8 Å². The molecule has 7 nitrogen and oxygen atoms in total. The van der Waals surface area contributed by atoms with Crippen molar-refractivity contribution >= 4 is 29.0 Å². The molecule has 1 aliphatic carbocycles. The van der Waals surface area contributed by atoms with Crippen LogP contribution >= 0.6 is 11.3 Å². The van der Waals surface area contributed by atoms with Gasteiger partial charge in [0, 0.05) is 45.8 Å². The maximum atomic E-state index is 12.5. The average Bonchev–Trinajstić information content (AvgIpc) is 3.00. The van der Waals surface area contributed by atoms with Gasteiger partial charge in [-0.25, -0.2) is 4.79 Å². The summed E-state index contributed by atoms with van der Waals surface area (Å²) in [7, 11) is 1.82. The Morgan fingerprint density at radius 1 is 1.41 bits per heavy atom. The van der Waals surface area contributed by atoms with Crippen molar-refractivity contribution in [2.75, 3.05) is 18.4 Å². The molecular formula is C19H25N5O2S. The highest BCUT2D eigenvalue weighted by atomic mass is 32.1. The first-order valence-electron chi connectivity index (χ1n) is 9.30. The Balaban J connectivity index is 1.33. The Hall–Kier alpha value is -2.35. The van der Waals surface area contributed by atoms with Crippen LogP contribution in [0, 0.1) is 5.41 Å². The Morgan fingerprint density at radius 2 is 2.19 bits per heavy atom. The molecule has 8 heteroatoms. The van der Waals surface area contributed by atoms with Crippen molar-refractivity contribution in [3.63, 3.8) is 0 Å². The van der Waals surface area contributed by atoms with Crippen LogP contribution in [0.4, 0.5) is 10.5 Å². The van der Waals surface area contributed by atoms with Crippen molar-refractivity contribution in [1.29, 1.82) is 0 Å². The highest BCUT2D eigenvalue weighted by Gasteiger charge is 2.58. The molecule has 1 atom stereocenters. The number of urea groups is 1. The van der Waals surface area contributed by atoms with Crippen molar-refractivity contribution in [1.82, 2.24) is 19.6 Å². The molecule has 4 rings (SSSR count). The lowest BCUT2D eigenvalue weighted by molar-refractivity contribution is -0.130. The molecule has 1 aliphatic heterocycles. The highest BCUT2D eigenvalue weighted by molar-refractivity contribution is 7.07. The predicted octanol–water partition coefficient (Wildman–Crippen LogP) is 2.92. The van der Waals surface area contributed by atoms with Gasteiger partial charge >= 0.3 is 6.03 Å². The maximum absolute atomic E-state index is 12.5. The lowest BCUT2D eigenvalue weighted by atomic mass is 9.92. The summed E-state index contributed by atoms with van der Waals surface area (Å²) < 4.78 is 1.67. The van der Waals surface area contributed by atoms with E-state index in [2.05, 4.69) is 27.2 Å². The predicted molar refractivity (Wildman–Crippen MR) is 104 cm³/mol. The molecule has 2 aliphatic rings. The number of rotatable bonds is 4. The van der Waals surface area contributed by atoms with Crippen molar-refractivity contribution in [2.45, 2.75) is 38.8 Å². The number of carbonyl (C=O) groups is 2.